The first kappa shape index (κ1) is 15.0. The second-order valence-electron chi connectivity index (χ2n) is 4.94. The maximum Gasteiger partial charge on any atom is 0.176 e. The van der Waals surface area contributed by atoms with Crippen LogP contribution in [0.15, 0.2) is 24.3 Å². The molecule has 0 radical (unpaired) electrons. The van der Waals surface area contributed by atoms with E-state index >= 15 is 0 Å². The molecule has 0 spiro atoms. The standard InChI is InChI=1S/C17H21NO3/c1-10-11(2)16(20-5)17(12(3)15(10)19-4)21-14-8-6-13(18)7-9-14/h6-9H,18H2,1-5H3. The van der Waals surface area contributed by atoms with E-state index in [9.17, 15) is 0 Å². The highest BCUT2D eigenvalue weighted by molar-refractivity contribution is 5.63. The molecule has 21 heavy (non-hydrogen) atoms. The summed E-state index contributed by atoms with van der Waals surface area (Å²) in [5.74, 6) is 2.92. The number of methoxy groups -OCH3 is 2. The van der Waals surface area contributed by atoms with Gasteiger partial charge in [0.2, 0.25) is 0 Å². The lowest BCUT2D eigenvalue weighted by Gasteiger charge is -2.20. The quantitative estimate of drug-likeness (QED) is 0.863. The van der Waals surface area contributed by atoms with Gasteiger partial charge in [0.25, 0.3) is 0 Å². The third kappa shape index (κ3) is 2.75. The Kier molecular flexibility index (Phi) is 4.26. The van der Waals surface area contributed by atoms with Crippen molar-refractivity contribution in [3.63, 3.8) is 0 Å². The van der Waals surface area contributed by atoms with Gasteiger partial charge in [-0.1, -0.05) is 0 Å². The fourth-order valence-corrected chi connectivity index (χ4v) is 2.39. The van der Waals surface area contributed by atoms with E-state index in [0.717, 1.165) is 28.2 Å². The minimum atomic E-state index is 0.669. The van der Waals surface area contributed by atoms with Crippen molar-refractivity contribution in [2.24, 2.45) is 0 Å². The Hall–Kier alpha value is -2.36. The van der Waals surface area contributed by atoms with Gasteiger partial charge < -0.3 is 19.9 Å². The van der Waals surface area contributed by atoms with Crippen LogP contribution in [0.3, 0.4) is 0 Å². The summed E-state index contributed by atoms with van der Waals surface area (Å²) in [6, 6.07) is 7.26. The lowest BCUT2D eigenvalue weighted by molar-refractivity contribution is 0.363. The first-order valence-electron chi connectivity index (χ1n) is 6.74. The van der Waals surface area contributed by atoms with Crippen molar-refractivity contribution < 1.29 is 14.2 Å². The third-order valence-electron chi connectivity index (χ3n) is 3.64. The molecule has 0 aromatic heterocycles. The number of hydrogen-bond donors (Lipinski definition) is 1. The Morgan fingerprint density at radius 1 is 0.714 bits per heavy atom. The van der Waals surface area contributed by atoms with Gasteiger partial charge >= 0.3 is 0 Å². The van der Waals surface area contributed by atoms with Crippen molar-refractivity contribution in [2.75, 3.05) is 20.0 Å². The van der Waals surface area contributed by atoms with Crippen LogP contribution in [0, 0.1) is 20.8 Å². The van der Waals surface area contributed by atoms with Crippen LogP contribution < -0.4 is 19.9 Å². The molecule has 0 aliphatic heterocycles. The number of rotatable bonds is 4. The van der Waals surface area contributed by atoms with E-state index < -0.39 is 0 Å². The molecule has 0 heterocycles. The highest BCUT2D eigenvalue weighted by Gasteiger charge is 2.20. The Labute approximate surface area is 125 Å². The van der Waals surface area contributed by atoms with Crippen LogP contribution in [-0.4, -0.2) is 14.2 Å². The summed E-state index contributed by atoms with van der Waals surface area (Å²) >= 11 is 0. The molecule has 0 aliphatic carbocycles. The Morgan fingerprint density at radius 3 is 1.76 bits per heavy atom. The third-order valence-corrected chi connectivity index (χ3v) is 3.64. The van der Waals surface area contributed by atoms with Crippen LogP contribution in [-0.2, 0) is 0 Å². The van der Waals surface area contributed by atoms with Crippen molar-refractivity contribution >= 4 is 5.69 Å². The van der Waals surface area contributed by atoms with Gasteiger partial charge in [-0.15, -0.1) is 0 Å². The molecule has 0 saturated carbocycles. The molecule has 0 atom stereocenters. The van der Waals surface area contributed by atoms with Crippen molar-refractivity contribution in [1.29, 1.82) is 0 Å². The second-order valence-corrected chi connectivity index (χ2v) is 4.94. The number of hydrogen-bond acceptors (Lipinski definition) is 4. The SMILES string of the molecule is COc1c(C)c(C)c(OC)c(Oc2ccc(N)cc2)c1C. The number of benzene rings is 2. The van der Waals surface area contributed by atoms with E-state index in [-0.39, 0.29) is 0 Å². The fraction of sp³-hybridized carbons (Fsp3) is 0.294. The van der Waals surface area contributed by atoms with Crippen LogP contribution in [0.25, 0.3) is 0 Å². The van der Waals surface area contributed by atoms with Gasteiger partial charge in [0.1, 0.15) is 11.5 Å². The normalized spacial score (nSPS) is 10.3. The van der Waals surface area contributed by atoms with Crippen molar-refractivity contribution in [3.8, 4) is 23.0 Å². The van der Waals surface area contributed by atoms with Gasteiger partial charge in [-0.2, -0.15) is 0 Å². The summed E-state index contributed by atoms with van der Waals surface area (Å²) in [7, 11) is 3.30. The topological polar surface area (TPSA) is 53.7 Å². The highest BCUT2D eigenvalue weighted by atomic mass is 16.5. The van der Waals surface area contributed by atoms with E-state index in [2.05, 4.69) is 0 Å². The van der Waals surface area contributed by atoms with Gasteiger partial charge in [0.05, 0.1) is 14.2 Å². The zero-order chi connectivity index (χ0) is 15.6. The fourth-order valence-electron chi connectivity index (χ4n) is 2.39. The van der Waals surface area contributed by atoms with E-state index in [1.807, 2.05) is 32.9 Å². The van der Waals surface area contributed by atoms with Crippen molar-refractivity contribution in [2.45, 2.75) is 20.8 Å². The molecule has 2 rings (SSSR count). The predicted octanol–water partition coefficient (Wildman–Crippen LogP) is 4.00. The lowest BCUT2D eigenvalue weighted by atomic mass is 10.0. The summed E-state index contributed by atoms with van der Waals surface area (Å²) in [6.07, 6.45) is 0. The maximum absolute atomic E-state index is 6.00. The van der Waals surface area contributed by atoms with Gasteiger partial charge in [-0.3, -0.25) is 0 Å². The van der Waals surface area contributed by atoms with Crippen LogP contribution in [0.4, 0.5) is 5.69 Å². The van der Waals surface area contributed by atoms with Crippen LogP contribution in [0.2, 0.25) is 0 Å². The van der Waals surface area contributed by atoms with Crippen molar-refractivity contribution in [3.05, 3.63) is 41.0 Å². The summed E-state index contributed by atoms with van der Waals surface area (Å²) in [5, 5.41) is 0. The molecule has 0 fully saturated rings. The van der Waals surface area contributed by atoms with E-state index in [1.54, 1.807) is 26.4 Å². The summed E-state index contributed by atoms with van der Waals surface area (Å²) in [6.45, 7) is 5.96. The molecule has 4 nitrogen and oxygen atoms in total. The zero-order valence-corrected chi connectivity index (χ0v) is 13.1. The number of anilines is 1. The molecule has 0 saturated heterocycles. The molecule has 0 unspecified atom stereocenters. The van der Waals surface area contributed by atoms with Gasteiger partial charge in [-0.25, -0.2) is 0 Å². The average Bonchev–Trinajstić information content (AvgIpc) is 2.48. The van der Waals surface area contributed by atoms with Gasteiger partial charge in [-0.05, 0) is 50.6 Å². The number of nitrogen functional groups attached to an aromatic ring is 1. The Morgan fingerprint density at radius 2 is 1.24 bits per heavy atom. The van der Waals surface area contributed by atoms with E-state index in [4.69, 9.17) is 19.9 Å². The zero-order valence-electron chi connectivity index (χ0n) is 13.1. The van der Waals surface area contributed by atoms with E-state index in [1.165, 1.54) is 0 Å². The summed E-state index contributed by atoms with van der Waals surface area (Å²) < 4.78 is 17.0. The molecular weight excluding hydrogens is 266 g/mol. The minimum Gasteiger partial charge on any atom is -0.496 e. The van der Waals surface area contributed by atoms with Crippen LogP contribution >= 0.6 is 0 Å². The lowest BCUT2D eigenvalue weighted by Crippen LogP contribution is -2.01. The van der Waals surface area contributed by atoms with E-state index in [0.29, 0.717) is 17.2 Å². The molecule has 112 valence electrons. The molecule has 4 heteroatoms. The monoisotopic (exact) mass is 287 g/mol. The average molecular weight is 287 g/mol. The number of nitrogens with two attached hydrogens (primary N) is 1. The Balaban J connectivity index is 2.56. The smallest absolute Gasteiger partial charge is 0.176 e. The minimum absolute atomic E-state index is 0.669. The summed E-state index contributed by atoms with van der Waals surface area (Å²) in [5.41, 5.74) is 9.36. The Bertz CT molecular complexity index is 648. The highest BCUT2D eigenvalue weighted by Crippen LogP contribution is 2.44. The molecule has 0 aliphatic rings. The molecule has 2 aromatic carbocycles. The largest absolute Gasteiger partial charge is 0.496 e. The van der Waals surface area contributed by atoms with Gasteiger partial charge in [0.15, 0.2) is 11.5 Å². The first-order chi connectivity index (χ1) is 9.99. The first-order valence-corrected chi connectivity index (χ1v) is 6.74. The molecule has 0 amide bonds. The number of ether oxygens (including phenoxy) is 3. The van der Waals surface area contributed by atoms with Crippen molar-refractivity contribution in [1.82, 2.24) is 0 Å². The molecule has 2 aromatic rings. The van der Waals surface area contributed by atoms with Crippen LogP contribution in [0.5, 0.6) is 23.0 Å². The van der Waals surface area contributed by atoms with Gasteiger partial charge in [0, 0.05) is 16.8 Å². The maximum atomic E-state index is 6.00. The van der Waals surface area contributed by atoms with Crippen LogP contribution in [0.1, 0.15) is 16.7 Å². The second kappa shape index (κ2) is 5.95. The molecular formula is C17H21NO3. The molecule has 0 bridgehead atoms. The predicted molar refractivity (Wildman–Crippen MR) is 84.7 cm³/mol. The summed E-state index contributed by atoms with van der Waals surface area (Å²) in [4.78, 5) is 0. The molecule has 2 N–H and O–H groups in total.